The number of carbonyl (C=O) groups is 1. The van der Waals surface area contributed by atoms with Crippen molar-refractivity contribution in [3.05, 3.63) is 71.8 Å². The minimum atomic E-state index is 0.00732. The standard InChI is InChI=1S/C28H38O2S/c1-3-4-5-6-7-11-15-27(31-2)16-12-23-30-26-20-18-25(19-21-26)28(29)22-17-24-13-9-8-10-14-24/h8-10,13-14,17-22,27H,3-7,11-12,15-16,23H2,1-2H3. The van der Waals surface area contributed by atoms with E-state index in [9.17, 15) is 4.79 Å². The van der Waals surface area contributed by atoms with Gasteiger partial charge in [0, 0.05) is 10.8 Å². The van der Waals surface area contributed by atoms with Crippen LogP contribution in [0.4, 0.5) is 0 Å². The number of ether oxygens (including phenoxy) is 1. The first-order valence-corrected chi connectivity index (χ1v) is 13.0. The zero-order chi connectivity index (χ0) is 22.2. The Bertz CT molecular complexity index is 752. The molecule has 0 radical (unpaired) electrons. The van der Waals surface area contributed by atoms with Crippen LogP contribution in [0.5, 0.6) is 5.75 Å². The number of carbonyl (C=O) groups excluding carboxylic acids is 1. The highest BCUT2D eigenvalue weighted by molar-refractivity contribution is 7.99. The Balaban J connectivity index is 1.65. The molecule has 0 aliphatic carbocycles. The second kappa shape index (κ2) is 15.8. The SMILES string of the molecule is CCCCCCCCC(CCCOc1ccc(C(=O)C=Cc2ccccc2)cc1)SC. The van der Waals surface area contributed by atoms with E-state index in [-0.39, 0.29) is 5.78 Å². The molecule has 0 fully saturated rings. The number of hydrogen-bond donors (Lipinski definition) is 0. The highest BCUT2D eigenvalue weighted by Gasteiger charge is 2.07. The maximum absolute atomic E-state index is 12.3. The lowest BCUT2D eigenvalue weighted by atomic mass is 10.1. The van der Waals surface area contributed by atoms with E-state index in [4.69, 9.17) is 4.74 Å². The Morgan fingerprint density at radius 2 is 1.58 bits per heavy atom. The van der Waals surface area contributed by atoms with Gasteiger partial charge in [-0.05, 0) is 61.4 Å². The molecule has 168 valence electrons. The van der Waals surface area contributed by atoms with Crippen LogP contribution in [0.15, 0.2) is 60.7 Å². The number of benzene rings is 2. The van der Waals surface area contributed by atoms with Gasteiger partial charge in [-0.3, -0.25) is 4.79 Å². The van der Waals surface area contributed by atoms with Crippen molar-refractivity contribution in [1.82, 2.24) is 0 Å². The van der Waals surface area contributed by atoms with Crippen LogP contribution >= 0.6 is 11.8 Å². The first kappa shape index (κ1) is 25.3. The van der Waals surface area contributed by atoms with Gasteiger partial charge in [0.25, 0.3) is 0 Å². The Morgan fingerprint density at radius 3 is 2.29 bits per heavy atom. The molecule has 1 atom stereocenters. The maximum atomic E-state index is 12.3. The third kappa shape index (κ3) is 10.7. The fourth-order valence-corrected chi connectivity index (χ4v) is 4.39. The molecule has 2 aromatic carbocycles. The number of unbranched alkanes of at least 4 members (excludes halogenated alkanes) is 5. The minimum Gasteiger partial charge on any atom is -0.494 e. The summed E-state index contributed by atoms with van der Waals surface area (Å²) in [6.07, 6.45) is 17.5. The van der Waals surface area contributed by atoms with Crippen LogP contribution in [-0.4, -0.2) is 23.9 Å². The Labute approximate surface area is 193 Å². The van der Waals surface area contributed by atoms with Gasteiger partial charge in [0.05, 0.1) is 6.61 Å². The predicted octanol–water partition coefficient (Wildman–Crippen LogP) is 8.22. The molecule has 0 aliphatic rings. The van der Waals surface area contributed by atoms with Gasteiger partial charge in [0.15, 0.2) is 5.78 Å². The van der Waals surface area contributed by atoms with E-state index >= 15 is 0 Å². The lowest BCUT2D eigenvalue weighted by Gasteiger charge is -2.14. The second-order valence-corrected chi connectivity index (χ2v) is 9.18. The average molecular weight is 439 g/mol. The van der Waals surface area contributed by atoms with E-state index in [1.54, 1.807) is 6.08 Å². The highest BCUT2D eigenvalue weighted by atomic mass is 32.2. The van der Waals surface area contributed by atoms with Crippen molar-refractivity contribution < 1.29 is 9.53 Å². The largest absolute Gasteiger partial charge is 0.494 e. The summed E-state index contributed by atoms with van der Waals surface area (Å²) in [5.41, 5.74) is 1.71. The van der Waals surface area contributed by atoms with Gasteiger partial charge < -0.3 is 4.74 Å². The molecule has 31 heavy (non-hydrogen) atoms. The normalized spacial score (nSPS) is 12.2. The van der Waals surface area contributed by atoms with Gasteiger partial charge in [-0.1, -0.05) is 81.9 Å². The van der Waals surface area contributed by atoms with E-state index in [1.165, 1.54) is 51.4 Å². The topological polar surface area (TPSA) is 26.3 Å². The molecule has 2 nitrogen and oxygen atoms in total. The summed E-state index contributed by atoms with van der Waals surface area (Å²) in [5.74, 6) is 0.841. The van der Waals surface area contributed by atoms with Gasteiger partial charge in [0.2, 0.25) is 0 Å². The van der Waals surface area contributed by atoms with Gasteiger partial charge in [-0.2, -0.15) is 11.8 Å². The van der Waals surface area contributed by atoms with Crippen LogP contribution in [0.1, 0.15) is 80.6 Å². The number of hydrogen-bond acceptors (Lipinski definition) is 3. The van der Waals surface area contributed by atoms with Crippen molar-refractivity contribution in [2.45, 2.75) is 70.0 Å². The molecule has 0 aliphatic heterocycles. The van der Waals surface area contributed by atoms with Crippen LogP contribution in [0.2, 0.25) is 0 Å². The number of ketones is 1. The zero-order valence-corrected chi connectivity index (χ0v) is 20.0. The number of thioether (sulfide) groups is 1. The molecule has 0 N–H and O–H groups in total. The molecule has 0 spiro atoms. The van der Waals surface area contributed by atoms with E-state index < -0.39 is 0 Å². The van der Waals surface area contributed by atoms with Crippen molar-refractivity contribution in [2.75, 3.05) is 12.9 Å². The van der Waals surface area contributed by atoms with E-state index in [0.29, 0.717) is 5.56 Å². The number of rotatable bonds is 16. The monoisotopic (exact) mass is 438 g/mol. The zero-order valence-electron chi connectivity index (χ0n) is 19.2. The molecular formula is C28H38O2S. The summed E-state index contributed by atoms with van der Waals surface area (Å²) >= 11 is 1.99. The average Bonchev–Trinajstić information content (AvgIpc) is 2.82. The fraction of sp³-hybridized carbons (Fsp3) is 0.464. The predicted molar refractivity (Wildman–Crippen MR) is 136 cm³/mol. The summed E-state index contributed by atoms with van der Waals surface area (Å²) in [4.78, 5) is 12.3. The summed E-state index contributed by atoms with van der Waals surface area (Å²) < 4.78 is 5.90. The highest BCUT2D eigenvalue weighted by Crippen LogP contribution is 2.21. The van der Waals surface area contributed by atoms with Crippen molar-refractivity contribution in [1.29, 1.82) is 0 Å². The fourth-order valence-electron chi connectivity index (χ4n) is 3.58. The Hall–Kier alpha value is -2.00. The van der Waals surface area contributed by atoms with Gasteiger partial charge in [-0.15, -0.1) is 0 Å². The molecule has 3 heteroatoms. The first-order chi connectivity index (χ1) is 15.2. The molecule has 0 bridgehead atoms. The molecule has 0 heterocycles. The second-order valence-electron chi connectivity index (χ2n) is 8.04. The lowest BCUT2D eigenvalue weighted by molar-refractivity contribution is 0.104. The molecular weight excluding hydrogens is 400 g/mol. The van der Waals surface area contributed by atoms with Crippen LogP contribution in [0.25, 0.3) is 6.08 Å². The summed E-state index contributed by atoms with van der Waals surface area (Å²) in [6, 6.07) is 17.3. The first-order valence-electron chi connectivity index (χ1n) is 11.8. The summed E-state index contributed by atoms with van der Waals surface area (Å²) in [6.45, 7) is 3.00. The van der Waals surface area contributed by atoms with E-state index in [2.05, 4.69) is 13.2 Å². The Kier molecular flexibility index (Phi) is 12.8. The van der Waals surface area contributed by atoms with E-state index in [1.807, 2.05) is 72.4 Å². The van der Waals surface area contributed by atoms with Gasteiger partial charge in [-0.25, -0.2) is 0 Å². The van der Waals surface area contributed by atoms with Crippen molar-refractivity contribution in [2.24, 2.45) is 0 Å². The van der Waals surface area contributed by atoms with Crippen LogP contribution < -0.4 is 4.74 Å². The quantitative estimate of drug-likeness (QED) is 0.150. The van der Waals surface area contributed by atoms with E-state index in [0.717, 1.165) is 29.6 Å². The molecule has 2 rings (SSSR count). The third-order valence-electron chi connectivity index (χ3n) is 5.52. The number of allylic oxidation sites excluding steroid dienone is 1. The van der Waals surface area contributed by atoms with Gasteiger partial charge >= 0.3 is 0 Å². The van der Waals surface area contributed by atoms with Crippen LogP contribution in [0.3, 0.4) is 0 Å². The molecule has 0 saturated carbocycles. The summed E-state index contributed by atoms with van der Waals surface area (Å²) in [7, 11) is 0. The lowest BCUT2D eigenvalue weighted by Crippen LogP contribution is -2.06. The van der Waals surface area contributed by atoms with Crippen LogP contribution in [0, 0.1) is 0 Å². The molecule has 1 unspecified atom stereocenters. The van der Waals surface area contributed by atoms with Gasteiger partial charge in [0.1, 0.15) is 5.75 Å². The van der Waals surface area contributed by atoms with Crippen LogP contribution in [-0.2, 0) is 0 Å². The summed E-state index contributed by atoms with van der Waals surface area (Å²) in [5, 5.41) is 0.742. The third-order valence-corrected chi connectivity index (χ3v) is 6.66. The van der Waals surface area contributed by atoms with Crippen molar-refractivity contribution >= 4 is 23.6 Å². The minimum absolute atomic E-state index is 0.00732. The maximum Gasteiger partial charge on any atom is 0.185 e. The molecule has 0 aromatic heterocycles. The smallest absolute Gasteiger partial charge is 0.185 e. The Morgan fingerprint density at radius 1 is 0.903 bits per heavy atom. The molecule has 0 amide bonds. The molecule has 0 saturated heterocycles. The van der Waals surface area contributed by atoms with Crippen molar-refractivity contribution in [3.63, 3.8) is 0 Å². The van der Waals surface area contributed by atoms with Crippen molar-refractivity contribution in [3.8, 4) is 5.75 Å². The molecule has 2 aromatic rings.